The maximum absolute atomic E-state index is 12.2. The fourth-order valence-corrected chi connectivity index (χ4v) is 2.53. The number of carbonyl (C=O) groups excluding carboxylic acids is 1. The number of nitrogens with one attached hydrogen (secondary N) is 1. The van der Waals surface area contributed by atoms with E-state index in [1.165, 1.54) is 0 Å². The number of hydrogen-bond donors (Lipinski definition) is 1. The molecule has 2 heterocycles. The van der Waals surface area contributed by atoms with E-state index in [0.29, 0.717) is 27.9 Å². The van der Waals surface area contributed by atoms with Gasteiger partial charge in [0.15, 0.2) is 0 Å². The maximum atomic E-state index is 12.2. The van der Waals surface area contributed by atoms with Crippen LogP contribution >= 0.6 is 23.1 Å². The number of halogens is 1. The molecule has 1 aromatic carbocycles. The van der Waals surface area contributed by atoms with Crippen molar-refractivity contribution in [2.45, 2.75) is 6.54 Å². The molecule has 0 aliphatic heterocycles. The molecule has 0 saturated heterocycles. The van der Waals surface area contributed by atoms with Crippen LogP contribution in [0.1, 0.15) is 15.4 Å². The number of hydrogen-bond acceptors (Lipinski definition) is 5. The number of nitrogens with zero attached hydrogens (tertiary/aromatic N) is 2. The highest BCUT2D eigenvalue weighted by Gasteiger charge is 2.17. The summed E-state index contributed by atoms with van der Waals surface area (Å²) in [5.74, 6) is 0.459. The Morgan fingerprint density at radius 3 is 2.81 bits per heavy atom. The van der Waals surface area contributed by atoms with Gasteiger partial charge in [0.1, 0.15) is 16.3 Å². The summed E-state index contributed by atoms with van der Waals surface area (Å²) in [6, 6.07) is 10.7. The summed E-state index contributed by atoms with van der Waals surface area (Å²) in [4.78, 5) is 12.7. The summed E-state index contributed by atoms with van der Waals surface area (Å²) in [6.45, 7) is 0.323. The van der Waals surface area contributed by atoms with E-state index in [9.17, 15) is 4.79 Å². The zero-order valence-corrected chi connectivity index (χ0v) is 12.3. The van der Waals surface area contributed by atoms with Crippen molar-refractivity contribution in [3.8, 4) is 11.3 Å². The van der Waals surface area contributed by atoms with Crippen LogP contribution in [-0.2, 0) is 6.54 Å². The van der Waals surface area contributed by atoms with Crippen molar-refractivity contribution in [2.24, 2.45) is 0 Å². The highest BCUT2D eigenvalue weighted by molar-refractivity contribution is 7.08. The number of benzene rings is 1. The van der Waals surface area contributed by atoms with Crippen molar-refractivity contribution >= 4 is 29.0 Å². The summed E-state index contributed by atoms with van der Waals surface area (Å²) in [6.07, 6.45) is 1.56. The first-order valence-electron chi connectivity index (χ1n) is 6.13. The first-order chi connectivity index (χ1) is 10.2. The summed E-state index contributed by atoms with van der Waals surface area (Å²) in [5, 5.41) is 7.43. The Hall–Kier alpha value is -2.18. The highest BCUT2D eigenvalue weighted by Crippen LogP contribution is 2.25. The van der Waals surface area contributed by atoms with E-state index in [4.69, 9.17) is 16.0 Å². The minimum atomic E-state index is -0.230. The average Bonchev–Trinajstić information content (AvgIpc) is 3.17. The Labute approximate surface area is 129 Å². The molecule has 0 fully saturated rings. The lowest BCUT2D eigenvalue weighted by atomic mass is 10.1. The number of amides is 1. The second kappa shape index (κ2) is 6.07. The van der Waals surface area contributed by atoms with Gasteiger partial charge in [-0.1, -0.05) is 28.2 Å². The minimum Gasteiger partial charge on any atom is -0.467 e. The Balaban J connectivity index is 1.78. The quantitative estimate of drug-likeness (QED) is 0.800. The Kier molecular flexibility index (Phi) is 3.98. The van der Waals surface area contributed by atoms with Gasteiger partial charge in [0, 0.05) is 10.6 Å². The monoisotopic (exact) mass is 319 g/mol. The van der Waals surface area contributed by atoms with Crippen molar-refractivity contribution < 1.29 is 9.21 Å². The van der Waals surface area contributed by atoms with Crippen LogP contribution < -0.4 is 5.32 Å². The van der Waals surface area contributed by atoms with Gasteiger partial charge in [0.25, 0.3) is 5.91 Å². The summed E-state index contributed by atoms with van der Waals surface area (Å²) in [5.41, 5.74) is 1.35. The van der Waals surface area contributed by atoms with Gasteiger partial charge in [-0.15, -0.1) is 5.10 Å². The van der Waals surface area contributed by atoms with Crippen LogP contribution in [0.2, 0.25) is 5.02 Å². The van der Waals surface area contributed by atoms with E-state index in [2.05, 4.69) is 14.9 Å². The van der Waals surface area contributed by atoms with E-state index in [0.717, 1.165) is 17.1 Å². The van der Waals surface area contributed by atoms with Gasteiger partial charge in [0.05, 0.1) is 12.8 Å². The van der Waals surface area contributed by atoms with E-state index < -0.39 is 0 Å². The number of rotatable bonds is 4. The Bertz CT molecular complexity index is 738. The lowest BCUT2D eigenvalue weighted by Gasteiger charge is -2.03. The van der Waals surface area contributed by atoms with Crippen molar-refractivity contribution in [2.75, 3.05) is 0 Å². The van der Waals surface area contributed by atoms with Crippen molar-refractivity contribution in [1.29, 1.82) is 0 Å². The molecule has 3 rings (SSSR count). The molecule has 21 heavy (non-hydrogen) atoms. The predicted octanol–water partition coefficient (Wildman–Crippen LogP) is 3.38. The molecule has 0 spiro atoms. The van der Waals surface area contributed by atoms with Gasteiger partial charge in [-0.25, -0.2) is 0 Å². The Morgan fingerprint density at radius 2 is 2.10 bits per heavy atom. The summed E-state index contributed by atoms with van der Waals surface area (Å²) < 4.78 is 9.03. The second-order valence-corrected chi connectivity index (χ2v) is 5.41. The van der Waals surface area contributed by atoms with Gasteiger partial charge in [-0.05, 0) is 35.8 Å². The van der Waals surface area contributed by atoms with Gasteiger partial charge >= 0.3 is 0 Å². The molecule has 0 aliphatic rings. The van der Waals surface area contributed by atoms with Gasteiger partial charge in [0.2, 0.25) is 0 Å². The molecule has 1 N–H and O–H groups in total. The van der Waals surface area contributed by atoms with Crippen LogP contribution in [0, 0.1) is 0 Å². The van der Waals surface area contributed by atoms with Crippen molar-refractivity contribution in [3.63, 3.8) is 0 Å². The number of aromatic nitrogens is 2. The van der Waals surface area contributed by atoms with Crippen molar-refractivity contribution in [3.05, 3.63) is 58.3 Å². The zero-order valence-electron chi connectivity index (χ0n) is 10.7. The molecule has 5 nitrogen and oxygen atoms in total. The summed E-state index contributed by atoms with van der Waals surface area (Å²) in [7, 11) is 0. The van der Waals surface area contributed by atoms with E-state index >= 15 is 0 Å². The van der Waals surface area contributed by atoms with E-state index in [-0.39, 0.29) is 5.91 Å². The second-order valence-electron chi connectivity index (χ2n) is 4.22. The fourth-order valence-electron chi connectivity index (χ4n) is 1.80. The van der Waals surface area contributed by atoms with Crippen LogP contribution in [0.5, 0.6) is 0 Å². The molecule has 106 valence electrons. The minimum absolute atomic E-state index is 0.230. The standard InChI is InChI=1S/C14H10ClN3O2S/c15-10-5-3-9(4-6-10)12-13(21-18-17-12)14(19)16-8-11-2-1-7-20-11/h1-7H,8H2,(H,16,19). The molecular formula is C14H10ClN3O2S. The highest BCUT2D eigenvalue weighted by atomic mass is 35.5. The molecule has 0 radical (unpaired) electrons. The molecule has 1 amide bonds. The van der Waals surface area contributed by atoms with Crippen LogP contribution in [-0.4, -0.2) is 15.5 Å². The molecule has 0 unspecified atom stereocenters. The van der Waals surface area contributed by atoms with E-state index in [1.54, 1.807) is 30.5 Å². The largest absolute Gasteiger partial charge is 0.467 e. The molecule has 3 aromatic rings. The first kappa shape index (κ1) is 13.8. The van der Waals surface area contributed by atoms with Gasteiger partial charge in [-0.3, -0.25) is 4.79 Å². The summed E-state index contributed by atoms with van der Waals surface area (Å²) >= 11 is 6.92. The molecule has 7 heteroatoms. The fraction of sp³-hybridized carbons (Fsp3) is 0.0714. The predicted molar refractivity (Wildman–Crippen MR) is 80.2 cm³/mol. The number of furan rings is 1. The van der Waals surface area contributed by atoms with Crippen LogP contribution in [0.25, 0.3) is 11.3 Å². The van der Waals surface area contributed by atoms with Crippen LogP contribution in [0.15, 0.2) is 47.1 Å². The first-order valence-corrected chi connectivity index (χ1v) is 7.28. The number of carbonyl (C=O) groups is 1. The third-order valence-electron chi connectivity index (χ3n) is 2.82. The lowest BCUT2D eigenvalue weighted by molar-refractivity contribution is 0.0952. The molecule has 0 aliphatic carbocycles. The van der Waals surface area contributed by atoms with Crippen molar-refractivity contribution in [1.82, 2.24) is 14.9 Å². The van der Waals surface area contributed by atoms with Crippen LogP contribution in [0.3, 0.4) is 0 Å². The molecule has 0 atom stereocenters. The van der Waals surface area contributed by atoms with Crippen LogP contribution in [0.4, 0.5) is 0 Å². The Morgan fingerprint density at radius 1 is 1.29 bits per heavy atom. The van der Waals surface area contributed by atoms with Gasteiger partial charge < -0.3 is 9.73 Å². The zero-order chi connectivity index (χ0) is 14.7. The smallest absolute Gasteiger partial charge is 0.265 e. The van der Waals surface area contributed by atoms with Gasteiger partial charge in [-0.2, -0.15) is 0 Å². The average molecular weight is 320 g/mol. The SMILES string of the molecule is O=C(NCc1ccco1)c1snnc1-c1ccc(Cl)cc1. The maximum Gasteiger partial charge on any atom is 0.265 e. The third kappa shape index (κ3) is 3.12. The molecule has 0 bridgehead atoms. The third-order valence-corrected chi connectivity index (χ3v) is 3.79. The molecule has 0 saturated carbocycles. The normalized spacial score (nSPS) is 10.5. The topological polar surface area (TPSA) is 68.0 Å². The molecular weight excluding hydrogens is 310 g/mol. The van der Waals surface area contributed by atoms with E-state index in [1.807, 2.05) is 12.1 Å². The molecule has 2 aromatic heterocycles. The lowest BCUT2D eigenvalue weighted by Crippen LogP contribution is -2.22.